The number of hydrogen-bond donors (Lipinski definition) is 1. The van der Waals surface area contributed by atoms with Gasteiger partial charge in [0.2, 0.25) is 0 Å². The predicted octanol–water partition coefficient (Wildman–Crippen LogP) is 0.929. The number of carbonyl (C=O) groups excluding carboxylic acids is 2. The highest BCUT2D eigenvalue weighted by Gasteiger charge is 2.32. The minimum atomic E-state index is -1.00. The first-order valence-electron chi connectivity index (χ1n) is 8.63. The summed E-state index contributed by atoms with van der Waals surface area (Å²) in [6.07, 6.45) is 7.02. The van der Waals surface area contributed by atoms with Crippen LogP contribution in [0.15, 0.2) is 41.3 Å². The van der Waals surface area contributed by atoms with Crippen LogP contribution in [0, 0.1) is 5.82 Å². The molecule has 2 amide bonds. The van der Waals surface area contributed by atoms with Crippen molar-refractivity contribution in [2.75, 3.05) is 18.6 Å². The summed E-state index contributed by atoms with van der Waals surface area (Å²) >= 11 is 0. The van der Waals surface area contributed by atoms with Crippen molar-refractivity contribution in [3.63, 3.8) is 0 Å². The van der Waals surface area contributed by atoms with Crippen LogP contribution in [-0.2, 0) is 11.3 Å². The van der Waals surface area contributed by atoms with Crippen molar-refractivity contribution >= 4 is 23.8 Å². The van der Waals surface area contributed by atoms with Crippen LogP contribution < -0.4 is 15.0 Å². The molecule has 9 nitrogen and oxygen atoms in total. The van der Waals surface area contributed by atoms with Gasteiger partial charge in [0.05, 0.1) is 18.4 Å². The number of rotatable bonds is 4. The molecule has 4 rings (SSSR count). The SMILES string of the molecule is CN1C(=O)[C@@H](NC(=O)c2nn(CC3=CCC=N3)cc2F)COc2cccnc21. The number of ether oxygens (including phenoxy) is 1. The number of aliphatic imine (C=N–C) groups is 1. The molecule has 1 atom stereocenters. The molecule has 0 saturated carbocycles. The van der Waals surface area contributed by atoms with Crippen LogP contribution in [0.1, 0.15) is 16.9 Å². The number of amides is 2. The highest BCUT2D eigenvalue weighted by Crippen LogP contribution is 2.27. The minimum absolute atomic E-state index is 0.0997. The van der Waals surface area contributed by atoms with E-state index in [2.05, 4.69) is 20.4 Å². The number of halogens is 1. The summed E-state index contributed by atoms with van der Waals surface area (Å²) in [6, 6.07) is 2.36. The second-order valence-electron chi connectivity index (χ2n) is 6.33. The van der Waals surface area contributed by atoms with Gasteiger partial charge in [0.25, 0.3) is 11.8 Å². The summed E-state index contributed by atoms with van der Waals surface area (Å²) in [6.45, 7) is 0.160. The highest BCUT2D eigenvalue weighted by atomic mass is 19.1. The fourth-order valence-electron chi connectivity index (χ4n) is 2.97. The third kappa shape index (κ3) is 3.36. The van der Waals surface area contributed by atoms with Gasteiger partial charge in [0.1, 0.15) is 12.6 Å². The Labute approximate surface area is 159 Å². The molecular formula is C18H17FN6O3. The summed E-state index contributed by atoms with van der Waals surface area (Å²) in [7, 11) is 1.53. The van der Waals surface area contributed by atoms with E-state index >= 15 is 0 Å². The number of pyridine rings is 1. The molecule has 0 radical (unpaired) electrons. The number of likely N-dealkylation sites (N-methyl/N-ethyl adjacent to an activating group) is 1. The van der Waals surface area contributed by atoms with E-state index in [1.54, 1.807) is 18.3 Å². The number of aromatic nitrogens is 3. The normalized spacial score (nSPS) is 18.4. The molecule has 1 N–H and O–H groups in total. The standard InChI is InChI=1S/C18H17FN6O3/c1-24-16-14(5-3-7-21-16)28-10-13(18(24)27)22-17(26)15-12(19)9-25(23-15)8-11-4-2-6-20-11/h3-7,9,13H,2,8,10H2,1H3,(H,22,26)/t13-/m0/s1. The van der Waals surface area contributed by atoms with E-state index in [4.69, 9.17) is 4.74 Å². The summed E-state index contributed by atoms with van der Waals surface area (Å²) in [5.41, 5.74) is 0.353. The highest BCUT2D eigenvalue weighted by molar-refractivity contribution is 6.02. The second kappa shape index (κ2) is 7.22. The lowest BCUT2D eigenvalue weighted by molar-refractivity contribution is -0.120. The fraction of sp³-hybridized carbons (Fsp3) is 0.278. The first-order valence-corrected chi connectivity index (χ1v) is 8.63. The molecule has 2 aliphatic rings. The van der Waals surface area contributed by atoms with Crippen LogP contribution in [0.2, 0.25) is 0 Å². The number of hydrogen-bond acceptors (Lipinski definition) is 6. The van der Waals surface area contributed by atoms with E-state index in [1.165, 1.54) is 22.8 Å². The third-order valence-electron chi connectivity index (χ3n) is 4.38. The van der Waals surface area contributed by atoms with E-state index in [0.29, 0.717) is 11.6 Å². The van der Waals surface area contributed by atoms with E-state index in [-0.39, 0.29) is 13.2 Å². The Morgan fingerprint density at radius 3 is 3.11 bits per heavy atom. The van der Waals surface area contributed by atoms with Crippen molar-refractivity contribution in [2.24, 2.45) is 4.99 Å². The van der Waals surface area contributed by atoms with Crippen LogP contribution in [0.25, 0.3) is 0 Å². The lowest BCUT2D eigenvalue weighted by atomic mass is 10.2. The maximum atomic E-state index is 14.2. The maximum absolute atomic E-state index is 14.2. The average molecular weight is 384 g/mol. The Morgan fingerprint density at radius 1 is 1.46 bits per heavy atom. The summed E-state index contributed by atoms with van der Waals surface area (Å²) < 4.78 is 21.1. The van der Waals surface area contributed by atoms with E-state index in [9.17, 15) is 14.0 Å². The number of fused-ring (bicyclic) bond motifs is 1. The number of carbonyl (C=O) groups is 2. The van der Waals surface area contributed by atoms with Gasteiger partial charge < -0.3 is 10.1 Å². The molecular weight excluding hydrogens is 367 g/mol. The van der Waals surface area contributed by atoms with Crippen LogP contribution in [0.3, 0.4) is 0 Å². The van der Waals surface area contributed by atoms with Gasteiger partial charge in [-0.3, -0.25) is 24.2 Å². The molecule has 0 bridgehead atoms. The molecule has 0 fully saturated rings. The van der Waals surface area contributed by atoms with Gasteiger partial charge in [-0.1, -0.05) is 6.08 Å². The molecule has 10 heteroatoms. The smallest absolute Gasteiger partial charge is 0.275 e. The first kappa shape index (κ1) is 17.8. The van der Waals surface area contributed by atoms with Gasteiger partial charge in [-0.15, -0.1) is 0 Å². The fourth-order valence-corrected chi connectivity index (χ4v) is 2.97. The lowest BCUT2D eigenvalue weighted by Gasteiger charge is -2.19. The number of allylic oxidation sites excluding steroid dienone is 2. The molecule has 0 unspecified atom stereocenters. The van der Waals surface area contributed by atoms with Gasteiger partial charge in [0.15, 0.2) is 23.1 Å². The maximum Gasteiger partial charge on any atom is 0.275 e. The summed E-state index contributed by atoms with van der Waals surface area (Å²) in [5, 5.41) is 6.48. The van der Waals surface area contributed by atoms with Crippen LogP contribution in [0.4, 0.5) is 10.2 Å². The Hall–Kier alpha value is -3.56. The van der Waals surface area contributed by atoms with Crippen molar-refractivity contribution in [2.45, 2.75) is 19.0 Å². The average Bonchev–Trinajstić information content (AvgIpc) is 3.31. The van der Waals surface area contributed by atoms with E-state index in [0.717, 1.165) is 18.3 Å². The predicted molar refractivity (Wildman–Crippen MR) is 97.8 cm³/mol. The largest absolute Gasteiger partial charge is 0.487 e. The van der Waals surface area contributed by atoms with Crippen LogP contribution >= 0.6 is 0 Å². The quantitative estimate of drug-likeness (QED) is 0.845. The molecule has 2 aliphatic heterocycles. The molecule has 4 heterocycles. The van der Waals surface area contributed by atoms with Crippen molar-refractivity contribution < 1.29 is 18.7 Å². The molecule has 0 spiro atoms. The molecule has 0 aromatic carbocycles. The van der Waals surface area contributed by atoms with Gasteiger partial charge >= 0.3 is 0 Å². The van der Waals surface area contributed by atoms with Crippen LogP contribution in [0.5, 0.6) is 5.75 Å². The topological polar surface area (TPSA) is 102 Å². The molecule has 0 aliphatic carbocycles. The van der Waals surface area contributed by atoms with Gasteiger partial charge in [-0.25, -0.2) is 9.37 Å². The Bertz CT molecular complexity index is 999. The Morgan fingerprint density at radius 2 is 2.32 bits per heavy atom. The van der Waals surface area contributed by atoms with Crippen molar-refractivity contribution in [3.8, 4) is 5.75 Å². The lowest BCUT2D eigenvalue weighted by Crippen LogP contribution is -2.49. The summed E-state index contributed by atoms with van der Waals surface area (Å²) in [5.74, 6) is -1.22. The van der Waals surface area contributed by atoms with Gasteiger partial charge in [-0.05, 0) is 12.1 Å². The first-order chi connectivity index (χ1) is 13.5. The minimum Gasteiger partial charge on any atom is -0.487 e. The zero-order chi connectivity index (χ0) is 19.7. The van der Waals surface area contributed by atoms with Crippen molar-refractivity contribution in [3.05, 3.63) is 47.8 Å². The molecule has 144 valence electrons. The Balaban J connectivity index is 1.48. The molecule has 0 saturated heterocycles. The molecule has 2 aromatic heterocycles. The zero-order valence-corrected chi connectivity index (χ0v) is 15.0. The van der Waals surface area contributed by atoms with Crippen LogP contribution in [-0.4, -0.2) is 52.5 Å². The van der Waals surface area contributed by atoms with Gasteiger partial charge in [0, 0.05) is 25.9 Å². The third-order valence-corrected chi connectivity index (χ3v) is 4.38. The van der Waals surface area contributed by atoms with Gasteiger partial charge in [-0.2, -0.15) is 5.10 Å². The zero-order valence-electron chi connectivity index (χ0n) is 15.0. The number of anilines is 1. The number of nitrogens with one attached hydrogen (secondary N) is 1. The molecule has 28 heavy (non-hydrogen) atoms. The van der Waals surface area contributed by atoms with E-state index in [1.807, 2.05) is 6.08 Å². The van der Waals surface area contributed by atoms with E-state index < -0.39 is 29.4 Å². The number of nitrogens with zero attached hydrogens (tertiary/aromatic N) is 5. The summed E-state index contributed by atoms with van der Waals surface area (Å²) in [4.78, 5) is 34.7. The monoisotopic (exact) mass is 384 g/mol. The van der Waals surface area contributed by atoms with Crippen molar-refractivity contribution in [1.82, 2.24) is 20.1 Å². The van der Waals surface area contributed by atoms with Crippen molar-refractivity contribution in [1.29, 1.82) is 0 Å². The Kier molecular flexibility index (Phi) is 4.60. The molecule has 2 aromatic rings. The second-order valence-corrected chi connectivity index (χ2v) is 6.33.